The van der Waals surface area contributed by atoms with Crippen LogP contribution < -0.4 is 15.4 Å². The Morgan fingerprint density at radius 3 is 1.92 bits per heavy atom. The van der Waals surface area contributed by atoms with Gasteiger partial charge in [0.05, 0.1) is 24.9 Å². The summed E-state index contributed by atoms with van der Waals surface area (Å²) in [5.74, 6) is 1.39. The molecule has 5 aromatic carbocycles. The normalized spacial score (nSPS) is 20.0. The first-order valence-electron chi connectivity index (χ1n) is 17.2. The number of hydrogen-bond acceptors (Lipinski definition) is 7. The number of urea groups is 1. The van der Waals surface area contributed by atoms with Crippen LogP contribution in [0.25, 0.3) is 0 Å². The fourth-order valence-electron chi connectivity index (χ4n) is 6.20. The number of aliphatic hydroxyl groups excluding tert-OH is 2. The molecule has 1 aliphatic rings. The number of nitrogens with zero attached hydrogens (tertiary/aromatic N) is 1. The lowest BCUT2D eigenvalue weighted by Gasteiger charge is -2.43. The van der Waals surface area contributed by atoms with Crippen LogP contribution in [0.2, 0.25) is 0 Å². The second-order valence-electron chi connectivity index (χ2n) is 13.0. The maximum Gasteiger partial charge on any atom is 0.323 e. The van der Waals surface area contributed by atoms with Crippen LogP contribution in [0.4, 0.5) is 16.2 Å². The monoisotopic (exact) mass is 687 g/mol. The van der Waals surface area contributed by atoms with Gasteiger partial charge in [-0.25, -0.2) is 4.79 Å². The van der Waals surface area contributed by atoms with Crippen LogP contribution in [0.3, 0.4) is 0 Å². The first-order valence-corrected chi connectivity index (χ1v) is 17.2. The average Bonchev–Trinajstić information content (AvgIpc) is 3.17. The third kappa shape index (κ3) is 9.21. The number of carbonyl (C=O) groups excluding carboxylic acids is 1. The number of anilines is 2. The summed E-state index contributed by atoms with van der Waals surface area (Å²) in [7, 11) is 2.00. The molecule has 0 saturated carbocycles. The maximum absolute atomic E-state index is 12.8. The number of carbonyl (C=O) groups is 1. The molecular weight excluding hydrogens is 642 g/mol. The lowest BCUT2D eigenvalue weighted by atomic mass is 9.89. The minimum absolute atomic E-state index is 0.0200. The SMILES string of the molecule is C[C@H]1[C@@H](CN(C)[C@@H](C)[C@H](O)c2ccccc2)O[C@@H](c2ccc(NC(=O)Nc3ccc(Oc4ccccc4)cc3)cc2)O[C@H]1c1ccc(CO)cc1. The van der Waals surface area contributed by atoms with Crippen molar-refractivity contribution in [2.45, 2.75) is 51.1 Å². The molecule has 9 heteroatoms. The van der Waals surface area contributed by atoms with Crippen LogP contribution >= 0.6 is 0 Å². The van der Waals surface area contributed by atoms with Crippen molar-refractivity contribution in [3.05, 3.63) is 156 Å². The van der Waals surface area contributed by atoms with Crippen molar-refractivity contribution in [1.29, 1.82) is 0 Å². The van der Waals surface area contributed by atoms with E-state index < -0.39 is 12.4 Å². The van der Waals surface area contributed by atoms with Crippen LogP contribution in [0.15, 0.2) is 133 Å². The summed E-state index contributed by atoms with van der Waals surface area (Å²) in [4.78, 5) is 15.0. The molecule has 6 atom stereocenters. The second-order valence-corrected chi connectivity index (χ2v) is 13.0. The number of likely N-dealkylation sites (N-methyl/N-ethyl adjacent to an activating group) is 1. The number of hydrogen-bond donors (Lipinski definition) is 4. The van der Waals surface area contributed by atoms with Gasteiger partial charge in [-0.15, -0.1) is 0 Å². The van der Waals surface area contributed by atoms with Gasteiger partial charge in [0.1, 0.15) is 11.5 Å². The number of benzene rings is 5. The van der Waals surface area contributed by atoms with Gasteiger partial charge in [-0.2, -0.15) is 0 Å². The largest absolute Gasteiger partial charge is 0.457 e. The summed E-state index contributed by atoms with van der Waals surface area (Å²) in [5, 5.41) is 26.5. The quantitative estimate of drug-likeness (QED) is 0.104. The second kappa shape index (κ2) is 16.8. The number of rotatable bonds is 12. The predicted molar refractivity (Wildman–Crippen MR) is 199 cm³/mol. The summed E-state index contributed by atoms with van der Waals surface area (Å²) in [5.41, 5.74) is 4.74. The van der Waals surface area contributed by atoms with E-state index in [-0.39, 0.29) is 36.8 Å². The first kappa shape index (κ1) is 35.8. The Bertz CT molecular complexity index is 1820. The van der Waals surface area contributed by atoms with E-state index in [9.17, 15) is 15.0 Å². The Morgan fingerprint density at radius 1 is 0.765 bits per heavy atom. The molecule has 1 fully saturated rings. The summed E-state index contributed by atoms with van der Waals surface area (Å²) in [6.07, 6.45) is -1.84. The molecule has 264 valence electrons. The zero-order valence-corrected chi connectivity index (χ0v) is 29.1. The van der Waals surface area contributed by atoms with Gasteiger partial charge in [-0.1, -0.05) is 91.9 Å². The topological polar surface area (TPSA) is 113 Å². The molecule has 0 bridgehead atoms. The van der Waals surface area contributed by atoms with Crippen molar-refractivity contribution >= 4 is 17.4 Å². The van der Waals surface area contributed by atoms with E-state index >= 15 is 0 Å². The third-order valence-electron chi connectivity index (χ3n) is 9.42. The van der Waals surface area contributed by atoms with E-state index in [2.05, 4.69) is 22.5 Å². The van der Waals surface area contributed by atoms with Crippen LogP contribution in [0.1, 0.15) is 54.6 Å². The van der Waals surface area contributed by atoms with Crippen molar-refractivity contribution in [2.24, 2.45) is 5.92 Å². The van der Waals surface area contributed by atoms with Crippen molar-refractivity contribution in [2.75, 3.05) is 24.2 Å². The molecule has 1 heterocycles. The first-order chi connectivity index (χ1) is 24.8. The van der Waals surface area contributed by atoms with Crippen LogP contribution in [0.5, 0.6) is 11.5 Å². The van der Waals surface area contributed by atoms with E-state index in [4.69, 9.17) is 14.2 Å². The number of para-hydroxylation sites is 1. The molecule has 4 N–H and O–H groups in total. The van der Waals surface area contributed by atoms with Crippen LogP contribution in [0, 0.1) is 5.92 Å². The lowest BCUT2D eigenvalue weighted by Crippen LogP contribution is -2.46. The standard InChI is InChI=1S/C42H45N3O6/c1-28-38(26-45(3)29(2)39(47)31-10-6-4-7-11-31)50-41(51-40(28)32-16-14-30(27-46)15-17-32)33-18-20-34(21-19-33)43-42(48)44-35-22-24-37(25-23-35)49-36-12-8-5-9-13-36/h4-25,28-29,38-41,46-47H,26-27H2,1-3H3,(H2,43,44,48)/t28-,29-,38+,39-,40+,41+/m0/s1. The molecule has 0 radical (unpaired) electrons. The summed E-state index contributed by atoms with van der Waals surface area (Å²) < 4.78 is 19.1. The van der Waals surface area contributed by atoms with Gasteiger partial charge >= 0.3 is 6.03 Å². The molecule has 2 amide bonds. The highest BCUT2D eigenvalue weighted by molar-refractivity contribution is 5.99. The highest BCUT2D eigenvalue weighted by Gasteiger charge is 2.39. The van der Waals surface area contributed by atoms with Crippen molar-refractivity contribution in [1.82, 2.24) is 4.90 Å². The van der Waals surface area contributed by atoms with Gasteiger partial charge in [0.2, 0.25) is 0 Å². The molecule has 0 unspecified atom stereocenters. The Morgan fingerprint density at radius 2 is 1.31 bits per heavy atom. The number of nitrogens with one attached hydrogen (secondary N) is 2. The minimum atomic E-state index is -0.670. The molecule has 0 aliphatic carbocycles. The summed E-state index contributed by atoms with van der Waals surface area (Å²) >= 11 is 0. The molecule has 1 saturated heterocycles. The zero-order valence-electron chi connectivity index (χ0n) is 29.1. The average molecular weight is 688 g/mol. The molecule has 1 aliphatic heterocycles. The molecular formula is C42H45N3O6. The minimum Gasteiger partial charge on any atom is -0.457 e. The highest BCUT2D eigenvalue weighted by Crippen LogP contribution is 2.42. The fraction of sp³-hybridized carbons (Fsp3) is 0.262. The zero-order chi connectivity index (χ0) is 35.7. The van der Waals surface area contributed by atoms with Crippen LogP contribution in [-0.2, 0) is 16.1 Å². The van der Waals surface area contributed by atoms with Gasteiger partial charge in [0.15, 0.2) is 6.29 Å². The smallest absolute Gasteiger partial charge is 0.323 e. The van der Waals surface area contributed by atoms with Gasteiger partial charge < -0.3 is 35.1 Å². The summed E-state index contributed by atoms with van der Waals surface area (Å²) in [6.45, 7) is 4.67. The Kier molecular flexibility index (Phi) is 11.8. The Balaban J connectivity index is 1.12. The molecule has 9 nitrogen and oxygen atoms in total. The van der Waals surface area contributed by atoms with Gasteiger partial charge in [0.25, 0.3) is 0 Å². The van der Waals surface area contributed by atoms with Gasteiger partial charge in [0, 0.05) is 35.4 Å². The molecule has 0 aromatic heterocycles. The predicted octanol–water partition coefficient (Wildman–Crippen LogP) is 8.46. The highest BCUT2D eigenvalue weighted by atomic mass is 16.7. The van der Waals surface area contributed by atoms with Crippen molar-refractivity contribution < 1.29 is 29.2 Å². The molecule has 0 spiro atoms. The van der Waals surface area contributed by atoms with E-state index in [0.29, 0.717) is 23.7 Å². The van der Waals surface area contributed by atoms with Crippen LogP contribution in [-0.4, -0.2) is 46.9 Å². The van der Waals surface area contributed by atoms with E-state index in [1.54, 1.807) is 24.3 Å². The molecule has 5 aromatic rings. The third-order valence-corrected chi connectivity index (χ3v) is 9.42. The Hall–Kier alpha value is -5.03. The molecule has 51 heavy (non-hydrogen) atoms. The summed E-state index contributed by atoms with van der Waals surface area (Å²) in [6, 6.07) is 41.0. The van der Waals surface area contributed by atoms with Crippen molar-refractivity contribution in [3.8, 4) is 11.5 Å². The van der Waals surface area contributed by atoms with E-state index in [0.717, 1.165) is 28.0 Å². The van der Waals surface area contributed by atoms with Crippen molar-refractivity contribution in [3.63, 3.8) is 0 Å². The number of amides is 2. The van der Waals surface area contributed by atoms with Gasteiger partial charge in [-0.3, -0.25) is 4.90 Å². The number of ether oxygens (including phenoxy) is 3. The Labute approximate surface area is 299 Å². The fourth-order valence-corrected chi connectivity index (χ4v) is 6.20. The van der Waals surface area contributed by atoms with Gasteiger partial charge in [-0.05, 0) is 79.2 Å². The maximum atomic E-state index is 12.8. The molecule has 6 rings (SSSR count). The lowest BCUT2D eigenvalue weighted by molar-refractivity contribution is -0.276. The van der Waals surface area contributed by atoms with E-state index in [1.807, 2.05) is 123 Å². The van der Waals surface area contributed by atoms with E-state index in [1.165, 1.54) is 0 Å². The number of aliphatic hydroxyl groups is 2.